The number of halogens is 12. The van der Waals surface area contributed by atoms with Gasteiger partial charge in [-0.3, -0.25) is 46.1 Å². The van der Waals surface area contributed by atoms with E-state index in [-0.39, 0.29) is 88.7 Å². The molecule has 2 aliphatic rings. The number of alkyl halides is 5. The molecule has 1 radical (unpaired) electrons. The van der Waals surface area contributed by atoms with Crippen LogP contribution in [0, 0.1) is 84.4 Å². The molecule has 0 spiro atoms. The van der Waals surface area contributed by atoms with Crippen LogP contribution < -0.4 is 19.6 Å². The van der Waals surface area contributed by atoms with Crippen LogP contribution in [0.25, 0.3) is 82.0 Å². The monoisotopic (exact) mass is 2030 g/mol. The van der Waals surface area contributed by atoms with Crippen molar-refractivity contribution in [2.75, 3.05) is 47.0 Å². The smallest absolute Gasteiger partial charge is 0.509 e. The van der Waals surface area contributed by atoms with Gasteiger partial charge in [-0.2, -0.15) is 38.6 Å². The fourth-order valence-corrected chi connectivity index (χ4v) is 12.5. The number of benzene rings is 10. The molecule has 110 heavy (non-hydrogen) atoms. The molecule has 0 fully saturated rings. The van der Waals surface area contributed by atoms with E-state index in [2.05, 4.69) is 66.1 Å². The van der Waals surface area contributed by atoms with Gasteiger partial charge in [0, 0.05) is 138 Å². The number of ketones is 1. The number of anilines is 6. The second-order valence-electron chi connectivity index (χ2n) is 25.5. The second-order valence-corrected chi connectivity index (χ2v) is 25.5. The topological polar surface area (TPSA) is 102 Å². The van der Waals surface area contributed by atoms with Gasteiger partial charge in [0.05, 0.1) is 16.9 Å². The van der Waals surface area contributed by atoms with Gasteiger partial charge >= 0.3 is 46.4 Å². The van der Waals surface area contributed by atoms with E-state index in [1.54, 1.807) is 60.1 Å². The van der Waals surface area contributed by atoms with E-state index >= 15 is 0 Å². The van der Waals surface area contributed by atoms with E-state index in [9.17, 15) is 57.5 Å². The largest absolute Gasteiger partial charge is 3.00 e. The SMILES string of the molecule is CC(C)(C)c1ccc2c(c1)c1cc(C(F)(F)F)c[c-]c1c1nccn21.CN1[CH-]N(c2[c-]cc(F)cc2F)c2ccccc21.CN1[CH-]N(c2[c-]cc(F)cc2F)c2ccccc21.Fc1c[c-]c2c(c1)c1cc(F)ccc1n1ccnc21.Fc1c[c-]c2c(c1)c1ccccc1n1ccnc21.O=C(C=C(O)CF)CF.[Ir+3].[Ir+3].[Ir]. The number of carbonyl (C=O) groups excluding carboxylic acids is 1. The molecule has 6 aromatic heterocycles. The molecule has 18 rings (SSSR count). The van der Waals surface area contributed by atoms with Crippen molar-refractivity contribution >= 4 is 122 Å². The maximum Gasteiger partial charge on any atom is 3.00 e. The van der Waals surface area contributed by atoms with Crippen LogP contribution in [0.1, 0.15) is 31.9 Å². The number of aliphatic hydroxyl groups excluding tert-OH is 1. The van der Waals surface area contributed by atoms with Crippen molar-refractivity contribution < 1.29 is 123 Å². The molecule has 0 atom stereocenters. The first-order valence-electron chi connectivity index (χ1n) is 32.7. The van der Waals surface area contributed by atoms with Gasteiger partial charge in [0.1, 0.15) is 18.3 Å². The van der Waals surface area contributed by atoms with Gasteiger partial charge in [0.2, 0.25) is 0 Å². The minimum absolute atomic E-state index is 0. The fourth-order valence-electron chi connectivity index (χ4n) is 12.5. The zero-order chi connectivity index (χ0) is 75.8. The Morgan fingerprint density at radius 1 is 0.455 bits per heavy atom. The van der Waals surface area contributed by atoms with Crippen LogP contribution >= 0.6 is 0 Å². The Balaban J connectivity index is 0.000000142. The third kappa shape index (κ3) is 16.9. The Morgan fingerprint density at radius 3 is 1.29 bits per heavy atom. The van der Waals surface area contributed by atoms with Crippen molar-refractivity contribution in [2.24, 2.45) is 0 Å². The molecule has 0 amide bonds. The molecule has 16 aromatic rings. The molecule has 10 aromatic carbocycles. The number of allylic oxidation sites excluding steroid dienone is 2. The van der Waals surface area contributed by atoms with Gasteiger partial charge in [-0.25, -0.2) is 13.2 Å². The van der Waals surface area contributed by atoms with Crippen molar-refractivity contribution in [3.63, 3.8) is 0 Å². The second kappa shape index (κ2) is 34.1. The number of aromatic nitrogens is 6. The van der Waals surface area contributed by atoms with Gasteiger partial charge in [-0.05, 0) is 101 Å². The number of hydrogen-bond donors (Lipinski definition) is 1. The summed E-state index contributed by atoms with van der Waals surface area (Å²) in [6.07, 6.45) is 6.71. The zero-order valence-corrected chi connectivity index (χ0v) is 65.3. The molecule has 0 saturated heterocycles. The van der Waals surface area contributed by atoms with Gasteiger partial charge in [0.15, 0.2) is 12.5 Å². The summed E-state index contributed by atoms with van der Waals surface area (Å²) in [6.45, 7) is 7.41. The van der Waals surface area contributed by atoms with Crippen LogP contribution in [0.4, 0.5) is 86.8 Å². The molecule has 0 aliphatic carbocycles. The molecule has 0 saturated carbocycles. The number of rotatable bonds is 5. The Bertz CT molecular complexity index is 5840. The quantitative estimate of drug-likeness (QED) is 0.0593. The maximum atomic E-state index is 13.8. The van der Waals surface area contributed by atoms with E-state index < -0.39 is 65.7 Å². The molecule has 8 heterocycles. The molecule has 0 unspecified atom stereocenters. The van der Waals surface area contributed by atoms with E-state index in [1.165, 1.54) is 36.4 Å². The standard InChI is InChI=1S/C20H16F3N2.C15H7F2N2.C15H8FN2.2C14H10F2N2.C5H6F2O2.3Ir/c1-19(2,3)12-5-7-17-16(10-12)15-11-13(20(21,22)23)4-6-14(15)18-24-8-9-25(17)18;16-9-1-3-11-12(7-9)13-8-10(17)2-4-14(13)19-6-5-18-15(11)19;16-10-5-6-12-13(9-10)11-3-1-2-4-14(11)18-8-7-17-15(12)18;2*1-17-9-18(14-5-3-2-4-13(14)17)12-7-6-10(15)8-11(12)16;6-2-4(8)1-5(9)3-7;;;/h4-5,7-11H,1-3H3;1-2,4-8H;1-5,7-9H;2*2-6,8-9H,1H3;1,8H,2-3H2;;;/q3*-1;2*-2;;;2*+3. The normalized spacial score (nSPS) is 12.4. The predicted octanol–water partition coefficient (Wildman–Crippen LogP) is 20.9. The molecule has 2 aliphatic heterocycles. The third-order valence-electron chi connectivity index (χ3n) is 17.4. The van der Waals surface area contributed by atoms with E-state index in [0.29, 0.717) is 44.3 Å². The first-order valence-corrected chi connectivity index (χ1v) is 32.7. The van der Waals surface area contributed by atoms with Crippen molar-refractivity contribution in [2.45, 2.75) is 32.4 Å². The summed E-state index contributed by atoms with van der Waals surface area (Å²) >= 11 is 0. The van der Waals surface area contributed by atoms with Crippen LogP contribution in [-0.4, -0.2) is 66.5 Å². The number of nitrogens with zero attached hydrogens (tertiary/aromatic N) is 10. The Morgan fingerprint density at radius 2 is 0.836 bits per heavy atom. The number of aliphatic hydroxyl groups is 1. The summed E-state index contributed by atoms with van der Waals surface area (Å²) in [4.78, 5) is 30.0. The summed E-state index contributed by atoms with van der Waals surface area (Å²) in [5.41, 5.74) is 9.09. The third-order valence-corrected chi connectivity index (χ3v) is 17.4. The van der Waals surface area contributed by atoms with Crippen LogP contribution in [0.5, 0.6) is 0 Å². The van der Waals surface area contributed by atoms with Crippen molar-refractivity contribution in [3.05, 3.63) is 314 Å². The van der Waals surface area contributed by atoms with Crippen LogP contribution in [0.2, 0.25) is 0 Å². The predicted molar refractivity (Wildman–Crippen MR) is 391 cm³/mol. The molecule has 0 bridgehead atoms. The number of carbonyl (C=O) groups is 1. The summed E-state index contributed by atoms with van der Waals surface area (Å²) in [7, 11) is 3.75. The first kappa shape index (κ1) is 81.9. The van der Waals surface area contributed by atoms with Crippen molar-refractivity contribution in [1.29, 1.82) is 0 Å². The molecular formula is C83H57F12Ir3N10O2-. The number of imidazole rings is 3. The summed E-state index contributed by atoms with van der Waals surface area (Å²) in [5, 5.41) is 14.8. The average molecular weight is 2030 g/mol. The molecule has 27 heteroatoms. The number of para-hydroxylation sites is 5. The molecule has 1 N–H and O–H groups in total. The van der Waals surface area contributed by atoms with Gasteiger partial charge in [0.25, 0.3) is 0 Å². The van der Waals surface area contributed by atoms with E-state index in [0.717, 1.165) is 102 Å². The Labute approximate surface area is 662 Å². The van der Waals surface area contributed by atoms with Gasteiger partial charge in [-0.15, -0.1) is 84.2 Å². The number of fused-ring (bicyclic) bond motifs is 20. The van der Waals surface area contributed by atoms with Gasteiger partial charge in [-0.1, -0.05) is 114 Å². The molecular weight excluding hydrogens is 1970 g/mol. The summed E-state index contributed by atoms with van der Waals surface area (Å²) in [5.74, 6) is -5.19. The zero-order valence-electron chi connectivity index (χ0n) is 58.1. The minimum Gasteiger partial charge on any atom is -0.509 e. The Kier molecular flexibility index (Phi) is 25.4. The number of hydrogen-bond acceptors (Lipinski definition) is 9. The van der Waals surface area contributed by atoms with Crippen LogP contribution in [-0.2, 0) is 76.7 Å². The van der Waals surface area contributed by atoms with Crippen molar-refractivity contribution in [1.82, 2.24) is 28.2 Å². The van der Waals surface area contributed by atoms with Crippen LogP contribution in [0.15, 0.2) is 219 Å². The van der Waals surface area contributed by atoms with Crippen LogP contribution in [0.3, 0.4) is 0 Å². The molecule has 12 nitrogen and oxygen atoms in total. The van der Waals surface area contributed by atoms with E-state index in [1.807, 2.05) is 140 Å². The van der Waals surface area contributed by atoms with E-state index in [4.69, 9.17) is 5.11 Å². The summed E-state index contributed by atoms with van der Waals surface area (Å²) in [6, 6.07) is 59.2. The maximum absolute atomic E-state index is 13.8. The summed E-state index contributed by atoms with van der Waals surface area (Å²) < 4.78 is 162. The molecule has 563 valence electrons. The number of pyridine rings is 3. The average Bonchev–Trinajstić information content (AvgIpc) is 1.28. The Hall–Kier alpha value is -10.7. The minimum atomic E-state index is -4.40. The van der Waals surface area contributed by atoms with Gasteiger partial charge < -0.3 is 37.9 Å². The van der Waals surface area contributed by atoms with Crippen molar-refractivity contribution in [3.8, 4) is 0 Å². The first-order chi connectivity index (χ1) is 51.3. The fraction of sp³-hybridized carbons (Fsp3) is 0.108.